The zero-order chi connectivity index (χ0) is 12.1. The standard InChI is InChI=1S/C13H15N3O/c14-9-10-6-7-15-12(8-10)13(17)16-11-4-2-1-3-5-11/h6-8,11H,1-5H2,(H,16,17). The Hall–Kier alpha value is -1.89. The lowest BCUT2D eigenvalue weighted by atomic mass is 9.95. The molecule has 1 saturated carbocycles. The molecule has 4 heteroatoms. The molecular weight excluding hydrogens is 214 g/mol. The lowest BCUT2D eigenvalue weighted by molar-refractivity contribution is 0.0922. The molecule has 1 N–H and O–H groups in total. The van der Waals surface area contributed by atoms with Crippen LogP contribution < -0.4 is 5.32 Å². The van der Waals surface area contributed by atoms with E-state index in [-0.39, 0.29) is 11.9 Å². The first-order valence-electron chi connectivity index (χ1n) is 5.96. The van der Waals surface area contributed by atoms with E-state index in [1.165, 1.54) is 31.5 Å². The number of nitrogens with zero attached hydrogens (tertiary/aromatic N) is 2. The average Bonchev–Trinajstić information content (AvgIpc) is 2.40. The van der Waals surface area contributed by atoms with Crippen LogP contribution in [0.25, 0.3) is 0 Å². The highest BCUT2D eigenvalue weighted by molar-refractivity contribution is 5.92. The van der Waals surface area contributed by atoms with Crippen LogP contribution >= 0.6 is 0 Å². The zero-order valence-electron chi connectivity index (χ0n) is 9.65. The van der Waals surface area contributed by atoms with E-state index in [0.29, 0.717) is 11.3 Å². The molecule has 0 atom stereocenters. The molecule has 88 valence electrons. The van der Waals surface area contributed by atoms with Crippen LogP contribution in [0, 0.1) is 11.3 Å². The van der Waals surface area contributed by atoms with Crippen molar-refractivity contribution in [3.8, 4) is 6.07 Å². The normalized spacial score (nSPS) is 16.2. The van der Waals surface area contributed by atoms with Crippen molar-refractivity contribution in [2.45, 2.75) is 38.1 Å². The van der Waals surface area contributed by atoms with Crippen molar-refractivity contribution >= 4 is 5.91 Å². The van der Waals surface area contributed by atoms with Gasteiger partial charge in [-0.25, -0.2) is 0 Å². The van der Waals surface area contributed by atoms with E-state index >= 15 is 0 Å². The Balaban J connectivity index is 2.01. The molecule has 0 saturated heterocycles. The summed E-state index contributed by atoms with van der Waals surface area (Å²) in [5.41, 5.74) is 0.795. The highest BCUT2D eigenvalue weighted by Crippen LogP contribution is 2.17. The molecule has 1 heterocycles. The molecule has 0 bridgehead atoms. The molecule has 1 aliphatic rings. The Kier molecular flexibility index (Phi) is 3.71. The van der Waals surface area contributed by atoms with Crippen molar-refractivity contribution in [2.75, 3.05) is 0 Å². The second-order valence-corrected chi connectivity index (χ2v) is 4.35. The van der Waals surface area contributed by atoms with Gasteiger partial charge in [-0.2, -0.15) is 5.26 Å². The Bertz CT molecular complexity index is 444. The number of rotatable bonds is 2. The van der Waals surface area contributed by atoms with Crippen molar-refractivity contribution < 1.29 is 4.79 Å². The Morgan fingerprint density at radius 1 is 1.41 bits per heavy atom. The number of carbonyl (C=O) groups excluding carboxylic acids is 1. The molecule has 1 aromatic rings. The summed E-state index contributed by atoms with van der Waals surface area (Å²) in [5, 5.41) is 11.7. The largest absolute Gasteiger partial charge is 0.348 e. The Morgan fingerprint density at radius 2 is 2.18 bits per heavy atom. The number of amides is 1. The molecule has 0 aliphatic heterocycles. The van der Waals surface area contributed by atoms with Gasteiger partial charge in [-0.05, 0) is 25.0 Å². The highest BCUT2D eigenvalue weighted by Gasteiger charge is 2.17. The lowest BCUT2D eigenvalue weighted by Crippen LogP contribution is -2.36. The maximum atomic E-state index is 11.9. The predicted octanol–water partition coefficient (Wildman–Crippen LogP) is 2.02. The van der Waals surface area contributed by atoms with Crippen LogP contribution in [0.5, 0.6) is 0 Å². The third kappa shape index (κ3) is 3.04. The number of aromatic nitrogens is 1. The van der Waals surface area contributed by atoms with Crippen molar-refractivity contribution in [3.63, 3.8) is 0 Å². The fraction of sp³-hybridized carbons (Fsp3) is 0.462. The van der Waals surface area contributed by atoms with Crippen LogP contribution in [-0.2, 0) is 0 Å². The predicted molar refractivity (Wildman–Crippen MR) is 63.3 cm³/mol. The summed E-state index contributed by atoms with van der Waals surface area (Å²) in [7, 11) is 0. The van der Waals surface area contributed by atoms with E-state index in [9.17, 15) is 4.79 Å². The van der Waals surface area contributed by atoms with Crippen LogP contribution in [0.1, 0.15) is 48.2 Å². The van der Waals surface area contributed by atoms with Crippen LogP contribution in [0.3, 0.4) is 0 Å². The van der Waals surface area contributed by atoms with Crippen LogP contribution in [0.4, 0.5) is 0 Å². The van der Waals surface area contributed by atoms with Gasteiger partial charge in [0.25, 0.3) is 5.91 Å². The van der Waals surface area contributed by atoms with Gasteiger partial charge in [-0.1, -0.05) is 19.3 Å². The van der Waals surface area contributed by atoms with Gasteiger partial charge in [0.15, 0.2) is 0 Å². The van der Waals surface area contributed by atoms with Gasteiger partial charge in [-0.3, -0.25) is 9.78 Å². The summed E-state index contributed by atoms with van der Waals surface area (Å²) in [6, 6.07) is 5.39. The fourth-order valence-corrected chi connectivity index (χ4v) is 2.13. The maximum Gasteiger partial charge on any atom is 0.270 e. The lowest BCUT2D eigenvalue weighted by Gasteiger charge is -2.22. The van der Waals surface area contributed by atoms with E-state index < -0.39 is 0 Å². The first-order valence-corrected chi connectivity index (χ1v) is 5.96. The number of pyridine rings is 1. The fourth-order valence-electron chi connectivity index (χ4n) is 2.13. The maximum absolute atomic E-state index is 11.9. The molecule has 17 heavy (non-hydrogen) atoms. The molecule has 0 spiro atoms. The van der Waals surface area contributed by atoms with Crippen LogP contribution in [0.15, 0.2) is 18.3 Å². The monoisotopic (exact) mass is 229 g/mol. The molecule has 2 rings (SSSR count). The number of hydrogen-bond acceptors (Lipinski definition) is 3. The second-order valence-electron chi connectivity index (χ2n) is 4.35. The van der Waals surface area contributed by atoms with Crippen molar-refractivity contribution in [1.82, 2.24) is 10.3 Å². The van der Waals surface area contributed by atoms with Gasteiger partial charge < -0.3 is 5.32 Å². The minimum atomic E-state index is -0.172. The van der Waals surface area contributed by atoms with Crippen LogP contribution in [0.2, 0.25) is 0 Å². The molecule has 0 aromatic carbocycles. The summed E-state index contributed by atoms with van der Waals surface area (Å²) in [4.78, 5) is 15.9. The highest BCUT2D eigenvalue weighted by atomic mass is 16.1. The molecule has 4 nitrogen and oxygen atoms in total. The molecule has 0 radical (unpaired) electrons. The number of hydrogen-bond donors (Lipinski definition) is 1. The van der Waals surface area contributed by atoms with Crippen molar-refractivity contribution in [2.24, 2.45) is 0 Å². The molecule has 1 fully saturated rings. The van der Waals surface area contributed by atoms with Gasteiger partial charge in [0.2, 0.25) is 0 Å². The second kappa shape index (κ2) is 5.44. The SMILES string of the molecule is N#Cc1ccnc(C(=O)NC2CCCCC2)c1. The third-order valence-corrected chi connectivity index (χ3v) is 3.06. The Morgan fingerprint density at radius 3 is 2.88 bits per heavy atom. The molecule has 1 aliphatic carbocycles. The molecule has 1 aromatic heterocycles. The van der Waals surface area contributed by atoms with Gasteiger partial charge >= 0.3 is 0 Å². The van der Waals surface area contributed by atoms with Crippen molar-refractivity contribution in [3.05, 3.63) is 29.6 Å². The van der Waals surface area contributed by atoms with Gasteiger partial charge in [0, 0.05) is 12.2 Å². The summed E-state index contributed by atoms with van der Waals surface area (Å²) in [6.07, 6.45) is 7.20. The Labute approximate surface area is 101 Å². The van der Waals surface area contributed by atoms with E-state index in [2.05, 4.69) is 10.3 Å². The summed E-state index contributed by atoms with van der Waals surface area (Å²) in [5.74, 6) is -0.172. The van der Waals surface area contributed by atoms with E-state index in [0.717, 1.165) is 12.8 Å². The first-order chi connectivity index (χ1) is 8.29. The van der Waals surface area contributed by atoms with E-state index in [1.807, 2.05) is 6.07 Å². The zero-order valence-corrected chi connectivity index (χ0v) is 9.65. The minimum absolute atomic E-state index is 0.172. The molecule has 0 unspecified atom stereocenters. The van der Waals surface area contributed by atoms with Gasteiger partial charge in [0.1, 0.15) is 5.69 Å². The topological polar surface area (TPSA) is 65.8 Å². The number of nitrogens with one attached hydrogen (secondary N) is 1. The first kappa shape index (κ1) is 11.6. The molecule has 1 amide bonds. The summed E-state index contributed by atoms with van der Waals surface area (Å²) >= 11 is 0. The quantitative estimate of drug-likeness (QED) is 0.843. The van der Waals surface area contributed by atoms with Crippen LogP contribution in [-0.4, -0.2) is 16.9 Å². The third-order valence-electron chi connectivity index (χ3n) is 3.06. The molecular formula is C13H15N3O. The van der Waals surface area contributed by atoms with E-state index in [4.69, 9.17) is 5.26 Å². The average molecular weight is 229 g/mol. The van der Waals surface area contributed by atoms with Gasteiger partial charge in [-0.15, -0.1) is 0 Å². The minimum Gasteiger partial charge on any atom is -0.348 e. The van der Waals surface area contributed by atoms with E-state index in [1.54, 1.807) is 6.07 Å². The van der Waals surface area contributed by atoms with Crippen molar-refractivity contribution in [1.29, 1.82) is 5.26 Å². The number of carbonyl (C=O) groups is 1. The summed E-state index contributed by atoms with van der Waals surface area (Å²) in [6.45, 7) is 0. The van der Waals surface area contributed by atoms with Gasteiger partial charge in [0.05, 0.1) is 11.6 Å². The summed E-state index contributed by atoms with van der Waals surface area (Å²) < 4.78 is 0. The smallest absolute Gasteiger partial charge is 0.270 e. The number of nitriles is 1.